The topological polar surface area (TPSA) is 123 Å². The number of phenols is 1. The highest BCUT2D eigenvalue weighted by molar-refractivity contribution is 9.10. The van der Waals surface area contributed by atoms with Crippen LogP contribution in [0.2, 0.25) is 0 Å². The Morgan fingerprint density at radius 2 is 1.84 bits per heavy atom. The molecule has 0 fully saturated rings. The van der Waals surface area contributed by atoms with E-state index in [0.29, 0.717) is 42.1 Å². The first-order valence-electron chi connectivity index (χ1n) is 11.9. The number of halogens is 2. The summed E-state index contributed by atoms with van der Waals surface area (Å²) in [5, 5.41) is 15.0. The highest BCUT2D eigenvalue weighted by Crippen LogP contribution is 2.30. The Hall–Kier alpha value is -3.89. The molecule has 0 saturated heterocycles. The summed E-state index contributed by atoms with van der Waals surface area (Å²) in [6.45, 7) is 2.09. The predicted octanol–water partition coefficient (Wildman–Crippen LogP) is 6.55. The second kappa shape index (κ2) is 14.2. The summed E-state index contributed by atoms with van der Waals surface area (Å²) < 4.78 is 26.6. The van der Waals surface area contributed by atoms with Gasteiger partial charge in [0.2, 0.25) is 5.91 Å². The molecule has 0 aliphatic rings. The summed E-state index contributed by atoms with van der Waals surface area (Å²) in [5.41, 5.74) is 7.63. The van der Waals surface area contributed by atoms with Crippen molar-refractivity contribution in [2.45, 2.75) is 32.0 Å². The third kappa shape index (κ3) is 8.60. The first-order valence-corrected chi connectivity index (χ1v) is 12.7. The average Bonchev–Trinajstić information content (AvgIpc) is 2.89. The van der Waals surface area contributed by atoms with Gasteiger partial charge in [-0.15, -0.1) is 0 Å². The Balaban J connectivity index is 1.71. The Labute approximate surface area is 228 Å². The van der Waals surface area contributed by atoms with Crippen molar-refractivity contribution in [1.29, 1.82) is 0 Å². The SMILES string of the molecule is CCO[C@@H](CC/C=C/C(=O)Nc1ccccc1N)[C@@H](OC(=O)Nc1ccc(Br)cc1)c1ccc(O)c(F)c1. The maximum Gasteiger partial charge on any atom is 0.412 e. The predicted molar refractivity (Wildman–Crippen MR) is 148 cm³/mol. The standard InChI is InChI=1S/C28H29BrFN3O5/c1-2-37-25(9-5-6-10-26(35)33-23-8-4-3-7-22(23)31)27(18-11-16-24(34)21(30)17-18)38-28(36)32-20-14-12-19(29)13-15-20/h3-4,6-8,10-17,25,27,34H,2,5,9,31H2,1H3,(H,32,36)(H,33,35)/b10-6+/t25-,27-/m0/s1. The van der Waals surface area contributed by atoms with E-state index in [0.717, 1.165) is 10.5 Å². The Morgan fingerprint density at radius 3 is 2.53 bits per heavy atom. The minimum absolute atomic E-state index is 0.302. The molecular weight excluding hydrogens is 557 g/mol. The first-order chi connectivity index (χ1) is 18.3. The Kier molecular flexibility index (Phi) is 10.7. The van der Waals surface area contributed by atoms with Crippen molar-refractivity contribution in [1.82, 2.24) is 0 Å². The number of carbonyl (C=O) groups is 2. The number of nitrogens with two attached hydrogens (primary N) is 1. The third-order valence-electron chi connectivity index (χ3n) is 5.45. The largest absolute Gasteiger partial charge is 0.505 e. The van der Waals surface area contributed by atoms with Gasteiger partial charge in [0.25, 0.3) is 0 Å². The second-order valence-electron chi connectivity index (χ2n) is 8.22. The van der Waals surface area contributed by atoms with Crippen LogP contribution in [-0.2, 0) is 14.3 Å². The van der Waals surface area contributed by atoms with Gasteiger partial charge in [-0.3, -0.25) is 10.1 Å². The number of hydrogen-bond acceptors (Lipinski definition) is 6. The summed E-state index contributed by atoms with van der Waals surface area (Å²) in [5.74, 6) is -1.72. The number of phenolic OH excluding ortho intramolecular Hbond substituents is 1. The first kappa shape index (κ1) is 28.7. The lowest BCUT2D eigenvalue weighted by Gasteiger charge is -2.27. The molecule has 0 aliphatic heterocycles. The number of rotatable bonds is 11. The van der Waals surface area contributed by atoms with E-state index in [1.54, 1.807) is 61.5 Å². The molecule has 200 valence electrons. The molecule has 2 amide bonds. The summed E-state index contributed by atoms with van der Waals surface area (Å²) in [6.07, 6.45) is 1.37. The smallest absolute Gasteiger partial charge is 0.412 e. The number of para-hydroxylation sites is 2. The molecule has 0 unspecified atom stereocenters. The number of nitrogens with one attached hydrogen (secondary N) is 2. The molecule has 3 aromatic rings. The van der Waals surface area contributed by atoms with Crippen molar-refractivity contribution in [2.24, 2.45) is 0 Å². The van der Waals surface area contributed by atoms with Gasteiger partial charge in [-0.05, 0) is 79.9 Å². The van der Waals surface area contributed by atoms with Crippen LogP contribution in [0.25, 0.3) is 0 Å². The fraction of sp³-hybridized carbons (Fsp3) is 0.214. The van der Waals surface area contributed by atoms with E-state index < -0.39 is 29.9 Å². The zero-order valence-electron chi connectivity index (χ0n) is 20.7. The van der Waals surface area contributed by atoms with Crippen molar-refractivity contribution in [2.75, 3.05) is 23.0 Å². The fourth-order valence-electron chi connectivity index (χ4n) is 3.63. The van der Waals surface area contributed by atoms with Gasteiger partial charge in [0.1, 0.15) is 0 Å². The normalized spacial score (nSPS) is 12.6. The number of anilines is 3. The molecule has 0 aromatic heterocycles. The van der Waals surface area contributed by atoms with Crippen molar-refractivity contribution < 1.29 is 28.6 Å². The second-order valence-corrected chi connectivity index (χ2v) is 9.13. The van der Waals surface area contributed by atoms with Gasteiger partial charge in [-0.25, -0.2) is 9.18 Å². The van der Waals surface area contributed by atoms with Crippen LogP contribution in [-0.4, -0.2) is 29.8 Å². The van der Waals surface area contributed by atoms with Crippen molar-refractivity contribution in [3.8, 4) is 5.75 Å². The number of amides is 2. The molecule has 0 radical (unpaired) electrons. The number of allylic oxidation sites excluding steroid dienone is 1. The van der Waals surface area contributed by atoms with Crippen LogP contribution in [0.4, 0.5) is 26.2 Å². The van der Waals surface area contributed by atoms with Crippen LogP contribution in [0, 0.1) is 5.82 Å². The fourth-order valence-corrected chi connectivity index (χ4v) is 3.89. The molecule has 0 saturated carbocycles. The van der Waals surface area contributed by atoms with E-state index in [4.69, 9.17) is 15.2 Å². The summed E-state index contributed by atoms with van der Waals surface area (Å²) in [6, 6.07) is 17.6. The van der Waals surface area contributed by atoms with Gasteiger partial charge in [0.05, 0.1) is 17.5 Å². The molecule has 5 N–H and O–H groups in total. The monoisotopic (exact) mass is 585 g/mol. The molecule has 8 nitrogen and oxygen atoms in total. The Bertz CT molecular complexity index is 1270. The number of ether oxygens (including phenoxy) is 2. The molecule has 0 spiro atoms. The van der Waals surface area contributed by atoms with Crippen LogP contribution in [0.3, 0.4) is 0 Å². The number of nitrogen functional groups attached to an aromatic ring is 1. The Morgan fingerprint density at radius 1 is 1.11 bits per heavy atom. The minimum atomic E-state index is -0.994. The lowest BCUT2D eigenvalue weighted by Crippen LogP contribution is -2.29. The molecule has 3 aromatic carbocycles. The summed E-state index contributed by atoms with van der Waals surface area (Å²) in [7, 11) is 0. The molecule has 3 rings (SSSR count). The van der Waals surface area contributed by atoms with E-state index >= 15 is 0 Å². The highest BCUT2D eigenvalue weighted by atomic mass is 79.9. The molecule has 0 heterocycles. The van der Waals surface area contributed by atoms with Gasteiger partial charge < -0.3 is 25.6 Å². The van der Waals surface area contributed by atoms with Crippen molar-refractivity contribution in [3.63, 3.8) is 0 Å². The summed E-state index contributed by atoms with van der Waals surface area (Å²) in [4.78, 5) is 25.0. The molecular formula is C28H29BrFN3O5. The number of benzene rings is 3. The van der Waals surface area contributed by atoms with E-state index in [9.17, 15) is 19.1 Å². The van der Waals surface area contributed by atoms with Crippen molar-refractivity contribution in [3.05, 3.63) is 94.7 Å². The van der Waals surface area contributed by atoms with Crippen LogP contribution in [0.15, 0.2) is 83.4 Å². The number of hydrogen-bond donors (Lipinski definition) is 4. The lowest BCUT2D eigenvalue weighted by atomic mass is 9.99. The summed E-state index contributed by atoms with van der Waals surface area (Å²) >= 11 is 3.34. The molecule has 10 heteroatoms. The van der Waals surface area contributed by atoms with E-state index in [2.05, 4.69) is 26.6 Å². The van der Waals surface area contributed by atoms with E-state index in [1.165, 1.54) is 18.2 Å². The highest BCUT2D eigenvalue weighted by Gasteiger charge is 2.28. The quantitative estimate of drug-likeness (QED) is 0.149. The molecule has 2 atom stereocenters. The van der Waals surface area contributed by atoms with Crippen LogP contribution < -0.4 is 16.4 Å². The minimum Gasteiger partial charge on any atom is -0.505 e. The van der Waals surface area contributed by atoms with Crippen molar-refractivity contribution >= 4 is 45.0 Å². The van der Waals surface area contributed by atoms with E-state index in [-0.39, 0.29) is 5.91 Å². The maximum absolute atomic E-state index is 14.2. The zero-order valence-corrected chi connectivity index (χ0v) is 22.3. The molecule has 0 bridgehead atoms. The van der Waals surface area contributed by atoms with Gasteiger partial charge in [-0.1, -0.05) is 40.2 Å². The molecule has 38 heavy (non-hydrogen) atoms. The molecule has 0 aliphatic carbocycles. The number of aromatic hydroxyl groups is 1. The van der Waals surface area contributed by atoms with Crippen LogP contribution >= 0.6 is 15.9 Å². The van der Waals surface area contributed by atoms with Gasteiger partial charge >= 0.3 is 6.09 Å². The van der Waals surface area contributed by atoms with Crippen LogP contribution in [0.5, 0.6) is 5.75 Å². The van der Waals surface area contributed by atoms with Gasteiger partial charge in [-0.2, -0.15) is 0 Å². The third-order valence-corrected chi connectivity index (χ3v) is 5.98. The van der Waals surface area contributed by atoms with Crippen LogP contribution in [0.1, 0.15) is 31.4 Å². The van der Waals surface area contributed by atoms with Gasteiger partial charge in [0.15, 0.2) is 17.7 Å². The average molecular weight is 586 g/mol. The maximum atomic E-state index is 14.2. The number of carbonyl (C=O) groups excluding carboxylic acids is 2. The van der Waals surface area contributed by atoms with Gasteiger partial charge in [0, 0.05) is 16.8 Å². The lowest BCUT2D eigenvalue weighted by molar-refractivity contribution is -0.111. The van der Waals surface area contributed by atoms with E-state index in [1.807, 2.05) is 0 Å². The zero-order chi connectivity index (χ0) is 27.5.